The highest BCUT2D eigenvalue weighted by atomic mass is 16.5. The number of nitrogens with zero attached hydrogens (tertiary/aromatic N) is 3. The maximum atomic E-state index is 14.0. The van der Waals surface area contributed by atoms with E-state index in [1.165, 1.54) is 15.8 Å². The van der Waals surface area contributed by atoms with Crippen LogP contribution >= 0.6 is 0 Å². The Labute approximate surface area is 223 Å². The molecule has 0 unspecified atom stereocenters. The standard InChI is InChI=1S/C31H34N4O3/c1-38-18-6-15-35-30(37)34(21-23-11-12-24-7-2-3-8-25(24)19-23)29(36)31(35)13-16-33(17-14-31)22-26-20-32-28-10-5-4-9-27(26)28/h2-5,7-12,19-20,32H,6,13-18,21-22H2,1H3. The van der Waals surface area contributed by atoms with Gasteiger partial charge in [0.1, 0.15) is 5.54 Å². The van der Waals surface area contributed by atoms with Gasteiger partial charge in [0.2, 0.25) is 0 Å². The first-order valence-corrected chi connectivity index (χ1v) is 13.5. The van der Waals surface area contributed by atoms with Crippen LogP contribution in [0.3, 0.4) is 0 Å². The van der Waals surface area contributed by atoms with E-state index in [2.05, 4.69) is 58.5 Å². The van der Waals surface area contributed by atoms with Crippen LogP contribution in [0.25, 0.3) is 21.7 Å². The Bertz CT molecular complexity index is 1470. The van der Waals surface area contributed by atoms with Gasteiger partial charge in [-0.25, -0.2) is 4.79 Å². The Morgan fingerprint density at radius 3 is 2.50 bits per heavy atom. The summed E-state index contributed by atoms with van der Waals surface area (Å²) in [6.45, 7) is 3.74. The summed E-state index contributed by atoms with van der Waals surface area (Å²) in [5.74, 6) is -0.0557. The summed E-state index contributed by atoms with van der Waals surface area (Å²) in [7, 11) is 1.67. The number of aromatic amines is 1. The second-order valence-electron chi connectivity index (χ2n) is 10.5. The lowest BCUT2D eigenvalue weighted by atomic mass is 9.85. The van der Waals surface area contributed by atoms with Crippen LogP contribution in [0.2, 0.25) is 0 Å². The summed E-state index contributed by atoms with van der Waals surface area (Å²) >= 11 is 0. The first kappa shape index (κ1) is 24.6. The number of H-pyrrole nitrogens is 1. The van der Waals surface area contributed by atoms with E-state index in [-0.39, 0.29) is 11.9 Å². The number of nitrogens with one attached hydrogen (secondary N) is 1. The fourth-order valence-corrected chi connectivity index (χ4v) is 6.19. The number of aromatic nitrogens is 1. The number of benzene rings is 3. The fraction of sp³-hybridized carbons (Fsp3) is 0.355. The van der Waals surface area contributed by atoms with E-state index in [9.17, 15) is 9.59 Å². The average molecular weight is 511 g/mol. The molecule has 7 nitrogen and oxygen atoms in total. The number of fused-ring (bicyclic) bond motifs is 2. The molecule has 0 radical (unpaired) electrons. The molecule has 2 aliphatic rings. The fourth-order valence-electron chi connectivity index (χ4n) is 6.19. The van der Waals surface area contributed by atoms with Crippen molar-refractivity contribution in [1.29, 1.82) is 0 Å². The Hall–Kier alpha value is -3.68. The summed E-state index contributed by atoms with van der Waals surface area (Å²) in [6, 6.07) is 22.5. The molecule has 3 heterocycles. The molecular formula is C31H34N4O3. The van der Waals surface area contributed by atoms with Crippen LogP contribution in [-0.2, 0) is 22.6 Å². The van der Waals surface area contributed by atoms with E-state index in [4.69, 9.17) is 4.74 Å². The number of carbonyl (C=O) groups excluding carboxylic acids is 2. The van der Waals surface area contributed by atoms with Gasteiger partial charge in [0.15, 0.2) is 0 Å². The van der Waals surface area contributed by atoms with E-state index in [1.54, 1.807) is 7.11 Å². The molecule has 2 aliphatic heterocycles. The van der Waals surface area contributed by atoms with E-state index >= 15 is 0 Å². The molecule has 7 heteroatoms. The molecule has 4 aromatic rings. The highest BCUT2D eigenvalue weighted by Gasteiger charge is 2.57. The predicted molar refractivity (Wildman–Crippen MR) is 149 cm³/mol. The SMILES string of the molecule is COCCCN1C(=O)N(Cc2ccc3ccccc3c2)C(=O)C12CCN(Cc1c[nH]c3ccccc13)CC2. The number of hydrogen-bond donors (Lipinski definition) is 1. The van der Waals surface area contributed by atoms with Gasteiger partial charge < -0.3 is 14.6 Å². The molecule has 1 aromatic heterocycles. The number of para-hydroxylation sites is 1. The molecule has 3 amide bonds. The normalized spacial score (nSPS) is 17.9. The van der Waals surface area contributed by atoms with Crippen molar-refractivity contribution in [3.63, 3.8) is 0 Å². The van der Waals surface area contributed by atoms with Gasteiger partial charge >= 0.3 is 6.03 Å². The number of imide groups is 1. The van der Waals surface area contributed by atoms with Crippen molar-refractivity contribution >= 4 is 33.6 Å². The van der Waals surface area contributed by atoms with Gasteiger partial charge in [0.25, 0.3) is 5.91 Å². The lowest BCUT2D eigenvalue weighted by Crippen LogP contribution is -2.56. The van der Waals surface area contributed by atoms with Crippen molar-refractivity contribution in [2.75, 3.05) is 33.4 Å². The molecule has 0 atom stereocenters. The van der Waals surface area contributed by atoms with Crippen molar-refractivity contribution in [1.82, 2.24) is 19.7 Å². The van der Waals surface area contributed by atoms with E-state index < -0.39 is 5.54 Å². The Morgan fingerprint density at radius 2 is 1.68 bits per heavy atom. The molecule has 0 saturated carbocycles. The lowest BCUT2D eigenvalue weighted by Gasteiger charge is -2.42. The molecule has 38 heavy (non-hydrogen) atoms. The first-order valence-electron chi connectivity index (χ1n) is 13.5. The highest BCUT2D eigenvalue weighted by molar-refractivity contribution is 6.07. The number of methoxy groups -OCH3 is 1. The number of rotatable bonds is 8. The first-order chi connectivity index (χ1) is 18.6. The van der Waals surface area contributed by atoms with E-state index in [1.807, 2.05) is 29.2 Å². The smallest absolute Gasteiger partial charge is 0.327 e. The van der Waals surface area contributed by atoms with Crippen LogP contribution in [0, 0.1) is 0 Å². The lowest BCUT2D eigenvalue weighted by molar-refractivity contribution is -0.136. The van der Waals surface area contributed by atoms with E-state index in [0.717, 1.165) is 41.5 Å². The third-order valence-electron chi connectivity index (χ3n) is 8.26. The maximum Gasteiger partial charge on any atom is 0.327 e. The molecule has 1 N–H and O–H groups in total. The van der Waals surface area contributed by atoms with Crippen LogP contribution in [-0.4, -0.2) is 70.5 Å². The van der Waals surface area contributed by atoms with Crippen LogP contribution in [0.1, 0.15) is 30.4 Å². The number of urea groups is 1. The molecular weight excluding hydrogens is 476 g/mol. The summed E-state index contributed by atoms with van der Waals surface area (Å²) < 4.78 is 5.27. The molecule has 3 aromatic carbocycles. The summed E-state index contributed by atoms with van der Waals surface area (Å²) in [6.07, 6.45) is 4.07. The monoisotopic (exact) mass is 510 g/mol. The number of piperidine rings is 1. The zero-order valence-corrected chi connectivity index (χ0v) is 21.9. The molecule has 196 valence electrons. The number of hydrogen-bond acceptors (Lipinski definition) is 4. The second kappa shape index (κ2) is 10.2. The van der Waals surface area contributed by atoms with Gasteiger partial charge in [0.05, 0.1) is 6.54 Å². The van der Waals surface area contributed by atoms with Crippen molar-refractivity contribution < 1.29 is 14.3 Å². The minimum atomic E-state index is -0.779. The number of amides is 3. The van der Waals surface area contributed by atoms with Crippen molar-refractivity contribution in [2.45, 2.75) is 37.9 Å². The summed E-state index contributed by atoms with van der Waals surface area (Å²) in [5, 5.41) is 3.50. The third kappa shape index (κ3) is 4.36. The van der Waals surface area contributed by atoms with Gasteiger partial charge in [-0.05, 0) is 53.3 Å². The zero-order valence-electron chi connectivity index (χ0n) is 21.9. The quantitative estimate of drug-likeness (QED) is 0.263. The van der Waals surface area contributed by atoms with Crippen molar-refractivity contribution in [2.24, 2.45) is 0 Å². The summed E-state index contributed by atoms with van der Waals surface area (Å²) in [5.41, 5.74) is 2.59. The van der Waals surface area contributed by atoms with Gasteiger partial charge in [-0.2, -0.15) is 0 Å². The van der Waals surface area contributed by atoms with E-state index in [0.29, 0.717) is 39.0 Å². The largest absolute Gasteiger partial charge is 0.385 e. The van der Waals surface area contributed by atoms with Crippen LogP contribution in [0.15, 0.2) is 72.9 Å². The molecule has 2 saturated heterocycles. The van der Waals surface area contributed by atoms with Crippen LogP contribution in [0.5, 0.6) is 0 Å². The van der Waals surface area contributed by atoms with Crippen molar-refractivity contribution in [3.8, 4) is 0 Å². The average Bonchev–Trinajstić information content (AvgIpc) is 3.43. The Kier molecular flexibility index (Phi) is 6.64. The predicted octanol–water partition coefficient (Wildman–Crippen LogP) is 5.16. The Morgan fingerprint density at radius 1 is 0.921 bits per heavy atom. The zero-order chi connectivity index (χ0) is 26.1. The summed E-state index contributed by atoms with van der Waals surface area (Å²) in [4.78, 5) is 36.8. The van der Waals surface area contributed by atoms with Crippen molar-refractivity contribution in [3.05, 3.63) is 84.1 Å². The minimum Gasteiger partial charge on any atom is -0.385 e. The van der Waals surface area contributed by atoms with Crippen LogP contribution < -0.4 is 0 Å². The number of ether oxygens (including phenoxy) is 1. The molecule has 0 aliphatic carbocycles. The Balaban J connectivity index is 1.21. The van der Waals surface area contributed by atoms with Crippen LogP contribution in [0.4, 0.5) is 4.79 Å². The third-order valence-corrected chi connectivity index (χ3v) is 8.26. The molecule has 6 rings (SSSR count). The maximum absolute atomic E-state index is 14.0. The second-order valence-corrected chi connectivity index (χ2v) is 10.5. The molecule has 1 spiro atoms. The highest BCUT2D eigenvalue weighted by Crippen LogP contribution is 2.39. The van der Waals surface area contributed by atoms with Gasteiger partial charge in [-0.1, -0.05) is 54.6 Å². The van der Waals surface area contributed by atoms with Gasteiger partial charge in [-0.3, -0.25) is 14.6 Å². The molecule has 2 fully saturated rings. The number of carbonyl (C=O) groups is 2. The topological polar surface area (TPSA) is 68.9 Å². The van der Waals surface area contributed by atoms with Gasteiger partial charge in [-0.15, -0.1) is 0 Å². The molecule has 0 bridgehead atoms. The minimum absolute atomic E-state index is 0.0557. The van der Waals surface area contributed by atoms with Gasteiger partial charge in [0, 0.05) is 57.0 Å². The number of likely N-dealkylation sites (tertiary alicyclic amines) is 1.